The van der Waals surface area contributed by atoms with Crippen LogP contribution in [0.25, 0.3) is 6.08 Å². The van der Waals surface area contributed by atoms with Gasteiger partial charge < -0.3 is 9.84 Å². The van der Waals surface area contributed by atoms with Crippen LogP contribution in [0.2, 0.25) is 0 Å². The number of rotatable bonds is 3. The van der Waals surface area contributed by atoms with Gasteiger partial charge in [-0.2, -0.15) is 0 Å². The maximum Gasteiger partial charge on any atom is 0.336 e. The van der Waals surface area contributed by atoms with E-state index in [-0.39, 0.29) is 11.7 Å². The van der Waals surface area contributed by atoms with Gasteiger partial charge in [0.1, 0.15) is 5.75 Å². The van der Waals surface area contributed by atoms with Crippen LogP contribution in [-0.2, 0) is 9.59 Å². The number of hydrogen-bond acceptors (Lipinski definition) is 3. The predicted molar refractivity (Wildman–Crippen MR) is 71.7 cm³/mol. The molecule has 1 N–H and O–H groups in total. The average Bonchev–Trinajstić information content (AvgIpc) is 2.36. The van der Waals surface area contributed by atoms with Gasteiger partial charge in [0.15, 0.2) is 0 Å². The molecule has 0 aromatic heterocycles. The summed E-state index contributed by atoms with van der Waals surface area (Å²) in [7, 11) is 0. The fourth-order valence-electron chi connectivity index (χ4n) is 1.73. The molecule has 0 spiro atoms. The average molecular weight is 271 g/mol. The fraction of sp³-hybridized carbons (Fsp3) is 0.200. The van der Waals surface area contributed by atoms with E-state index in [1.54, 1.807) is 24.3 Å². The molecule has 1 aliphatic rings. The molecule has 20 heavy (non-hydrogen) atoms. The molecule has 2 rings (SSSR count). The van der Waals surface area contributed by atoms with E-state index in [0.29, 0.717) is 16.3 Å². The Hall–Kier alpha value is -2.65. The summed E-state index contributed by atoms with van der Waals surface area (Å²) >= 11 is 0. The summed E-state index contributed by atoms with van der Waals surface area (Å²) in [6, 6.07) is 5.19. The van der Waals surface area contributed by atoms with Crippen LogP contribution in [0.5, 0.6) is 5.75 Å². The van der Waals surface area contributed by atoms with E-state index < -0.39 is 11.9 Å². The molecular formula is C15H13NO4. The molecule has 0 radical (unpaired) electrons. The third-order valence-electron chi connectivity index (χ3n) is 2.47. The Morgan fingerprint density at radius 2 is 2.20 bits per heavy atom. The lowest BCUT2D eigenvalue weighted by Crippen LogP contribution is -2.30. The van der Waals surface area contributed by atoms with Gasteiger partial charge in [0.05, 0.1) is 23.1 Å². The Kier molecular flexibility index (Phi) is 3.82. The van der Waals surface area contributed by atoms with E-state index in [1.807, 2.05) is 13.8 Å². The normalized spacial score (nSPS) is 12.9. The molecule has 102 valence electrons. The summed E-state index contributed by atoms with van der Waals surface area (Å²) in [4.78, 5) is 26.0. The van der Waals surface area contributed by atoms with Crippen LogP contribution in [0.1, 0.15) is 13.8 Å². The molecule has 1 aromatic rings. The Morgan fingerprint density at radius 3 is 2.85 bits per heavy atom. The third-order valence-corrected chi connectivity index (χ3v) is 2.47. The molecule has 1 aromatic carbocycles. The van der Waals surface area contributed by atoms with E-state index in [4.69, 9.17) is 9.84 Å². The molecular weight excluding hydrogens is 258 g/mol. The summed E-state index contributed by atoms with van der Waals surface area (Å²) in [6.07, 6.45) is 2.38. The first kappa shape index (κ1) is 13.8. The van der Waals surface area contributed by atoms with E-state index >= 15 is 0 Å². The van der Waals surface area contributed by atoms with Gasteiger partial charge in [-0.1, -0.05) is 5.73 Å². The van der Waals surface area contributed by atoms with Crippen molar-refractivity contribution in [1.29, 1.82) is 0 Å². The molecule has 0 saturated carbocycles. The minimum Gasteiger partial charge on any atom is -0.491 e. The van der Waals surface area contributed by atoms with Crippen molar-refractivity contribution in [1.82, 2.24) is 0 Å². The number of nitrogens with zero attached hydrogens (tertiary/aromatic N) is 1. The SMILES string of the molecule is CC(C)Oc1ccc2c(c1)=CC(=C=CC(=O)O)C(=O)N=2. The minimum absolute atomic E-state index is 0.0390. The lowest BCUT2D eigenvalue weighted by atomic mass is 10.1. The number of amides is 1. The summed E-state index contributed by atoms with van der Waals surface area (Å²) in [5, 5.41) is 9.79. The summed E-state index contributed by atoms with van der Waals surface area (Å²) in [6.45, 7) is 3.83. The largest absolute Gasteiger partial charge is 0.491 e. The molecule has 5 heteroatoms. The molecule has 1 heterocycles. The van der Waals surface area contributed by atoms with Crippen LogP contribution in [0.4, 0.5) is 0 Å². The molecule has 0 atom stereocenters. The molecule has 1 amide bonds. The van der Waals surface area contributed by atoms with E-state index in [0.717, 1.165) is 6.08 Å². The van der Waals surface area contributed by atoms with Gasteiger partial charge in [0, 0.05) is 5.22 Å². The fourth-order valence-corrected chi connectivity index (χ4v) is 1.73. The zero-order valence-corrected chi connectivity index (χ0v) is 11.1. The van der Waals surface area contributed by atoms with Crippen molar-refractivity contribution < 1.29 is 19.4 Å². The van der Waals surface area contributed by atoms with Gasteiger partial charge in [0.2, 0.25) is 0 Å². The number of hydrogen-bond donors (Lipinski definition) is 1. The Morgan fingerprint density at radius 1 is 1.45 bits per heavy atom. The smallest absolute Gasteiger partial charge is 0.336 e. The maximum absolute atomic E-state index is 11.7. The first-order valence-corrected chi connectivity index (χ1v) is 6.07. The van der Waals surface area contributed by atoms with E-state index in [2.05, 4.69) is 10.7 Å². The van der Waals surface area contributed by atoms with Gasteiger partial charge in [-0.3, -0.25) is 4.79 Å². The molecule has 0 unspecified atom stereocenters. The van der Waals surface area contributed by atoms with Crippen LogP contribution < -0.4 is 15.3 Å². The van der Waals surface area contributed by atoms with Crippen LogP contribution in [-0.4, -0.2) is 23.1 Å². The lowest BCUT2D eigenvalue weighted by molar-refractivity contribution is -0.131. The first-order chi connectivity index (χ1) is 9.45. The number of carbonyl (C=O) groups excluding carboxylic acids is 1. The molecule has 0 fully saturated rings. The van der Waals surface area contributed by atoms with Crippen molar-refractivity contribution >= 4 is 18.0 Å². The van der Waals surface area contributed by atoms with Crippen LogP contribution in [0.15, 0.2) is 40.6 Å². The van der Waals surface area contributed by atoms with Crippen molar-refractivity contribution in [2.45, 2.75) is 20.0 Å². The number of carboxylic acids is 1. The molecule has 0 aliphatic carbocycles. The highest BCUT2D eigenvalue weighted by molar-refractivity contribution is 6.03. The highest BCUT2D eigenvalue weighted by atomic mass is 16.5. The lowest BCUT2D eigenvalue weighted by Gasteiger charge is -2.10. The summed E-state index contributed by atoms with van der Waals surface area (Å²) in [5.41, 5.74) is 2.54. The minimum atomic E-state index is -1.17. The summed E-state index contributed by atoms with van der Waals surface area (Å²) < 4.78 is 5.56. The topological polar surface area (TPSA) is 76.0 Å². The number of fused-ring (bicyclic) bond motifs is 1. The maximum atomic E-state index is 11.7. The zero-order valence-electron chi connectivity index (χ0n) is 11.1. The monoisotopic (exact) mass is 271 g/mol. The molecule has 5 nitrogen and oxygen atoms in total. The highest BCUT2D eigenvalue weighted by Crippen LogP contribution is 2.08. The third kappa shape index (κ3) is 3.22. The van der Waals surface area contributed by atoms with Crippen LogP contribution in [0.3, 0.4) is 0 Å². The van der Waals surface area contributed by atoms with Crippen molar-refractivity contribution in [3.8, 4) is 5.75 Å². The Bertz CT molecular complexity index is 753. The second-order valence-electron chi connectivity index (χ2n) is 4.49. The Labute approximate surface area is 115 Å². The van der Waals surface area contributed by atoms with Gasteiger partial charge in [-0.15, -0.1) is 0 Å². The second-order valence-corrected chi connectivity index (χ2v) is 4.49. The molecule has 0 bridgehead atoms. The highest BCUT2D eigenvalue weighted by Gasteiger charge is 2.10. The van der Waals surface area contributed by atoms with Gasteiger partial charge in [-0.25, -0.2) is 9.79 Å². The number of carboxylic acid groups (broad SMARTS) is 1. The second kappa shape index (κ2) is 5.55. The van der Waals surface area contributed by atoms with Crippen LogP contribution >= 0.6 is 0 Å². The van der Waals surface area contributed by atoms with Crippen molar-refractivity contribution in [2.24, 2.45) is 4.99 Å². The Balaban J connectivity index is 2.54. The van der Waals surface area contributed by atoms with E-state index in [9.17, 15) is 9.59 Å². The van der Waals surface area contributed by atoms with Crippen molar-refractivity contribution in [3.63, 3.8) is 0 Å². The molecule has 0 saturated heterocycles. The van der Waals surface area contributed by atoms with Crippen molar-refractivity contribution in [3.05, 3.63) is 46.2 Å². The zero-order chi connectivity index (χ0) is 14.7. The summed E-state index contributed by atoms with van der Waals surface area (Å²) in [5.74, 6) is -1.00. The van der Waals surface area contributed by atoms with E-state index in [1.165, 1.54) is 0 Å². The van der Waals surface area contributed by atoms with Crippen LogP contribution in [0, 0.1) is 0 Å². The predicted octanol–water partition coefficient (Wildman–Crippen LogP) is 0.580. The number of carbonyl (C=O) groups is 2. The first-order valence-electron chi connectivity index (χ1n) is 6.07. The standard InChI is InChI=1S/C15H13NO4/c1-9(2)20-12-4-5-13-11(8-12)7-10(15(19)16-13)3-6-14(17)18/h4-9H,1-2H3,(H,17,18). The number of ether oxygens (including phenoxy) is 1. The van der Waals surface area contributed by atoms with Gasteiger partial charge in [0.25, 0.3) is 5.91 Å². The van der Waals surface area contributed by atoms with Crippen molar-refractivity contribution in [2.75, 3.05) is 0 Å². The quantitative estimate of drug-likeness (QED) is 0.644. The molecule has 1 aliphatic heterocycles. The van der Waals surface area contributed by atoms with Gasteiger partial charge >= 0.3 is 5.97 Å². The number of benzene rings is 1. The number of aliphatic carboxylic acids is 1. The van der Waals surface area contributed by atoms with Gasteiger partial charge in [-0.05, 0) is 38.1 Å².